The number of cyclic esters (lactones) is 1. The highest BCUT2D eigenvalue weighted by Crippen LogP contribution is 2.26. The summed E-state index contributed by atoms with van der Waals surface area (Å²) in [5.74, 6) is -0.223. The van der Waals surface area contributed by atoms with Gasteiger partial charge in [0, 0.05) is 5.57 Å². The molecule has 1 unspecified atom stereocenters. The number of ether oxygens (including phenoxy) is 1. The fourth-order valence-electron chi connectivity index (χ4n) is 1.37. The lowest BCUT2D eigenvalue weighted by atomic mass is 10.0. The number of nitrogens with two attached hydrogens (primary N) is 1. The number of hydrogen-bond donors (Lipinski definition) is 1. The number of hydrogen-bond acceptors (Lipinski definition) is 3. The van der Waals surface area contributed by atoms with E-state index in [9.17, 15) is 4.79 Å². The molecule has 17 heavy (non-hydrogen) atoms. The molecule has 98 valence electrons. The van der Waals surface area contributed by atoms with Gasteiger partial charge in [-0.3, -0.25) is 0 Å². The number of carbonyl (C=O) groups excluding carboxylic acids is 1. The molecule has 1 atom stereocenters. The molecule has 1 aliphatic rings. The average Bonchev–Trinajstić information content (AvgIpc) is 2.65. The predicted octanol–water partition coefficient (Wildman–Crippen LogP) is 2.98. The first-order chi connectivity index (χ1) is 8.20. The van der Waals surface area contributed by atoms with Crippen molar-refractivity contribution in [2.75, 3.05) is 7.05 Å². The van der Waals surface area contributed by atoms with Crippen LogP contribution >= 0.6 is 0 Å². The van der Waals surface area contributed by atoms with Gasteiger partial charge in [-0.25, -0.2) is 4.79 Å². The van der Waals surface area contributed by atoms with Crippen molar-refractivity contribution in [1.29, 1.82) is 0 Å². The Balaban J connectivity index is 0. The second kappa shape index (κ2) is 11.1. The third-order valence-corrected chi connectivity index (χ3v) is 2.02. The molecule has 1 fully saturated rings. The van der Waals surface area contributed by atoms with Crippen LogP contribution in [0.3, 0.4) is 0 Å². The summed E-state index contributed by atoms with van der Waals surface area (Å²) < 4.78 is 5.06. The molecule has 2 N–H and O–H groups in total. The zero-order valence-corrected chi connectivity index (χ0v) is 11.8. The Kier molecular flexibility index (Phi) is 11.8. The van der Waals surface area contributed by atoms with Crippen LogP contribution in [0.15, 0.2) is 35.5 Å². The zero-order valence-electron chi connectivity index (χ0n) is 11.8. The Labute approximate surface area is 105 Å². The molecule has 1 rings (SSSR count). The number of esters is 1. The van der Waals surface area contributed by atoms with Crippen LogP contribution < -0.4 is 5.73 Å². The Morgan fingerprint density at radius 1 is 1.24 bits per heavy atom. The maximum absolute atomic E-state index is 11.3. The molecule has 1 saturated heterocycles. The van der Waals surface area contributed by atoms with E-state index in [0.29, 0.717) is 5.57 Å². The molecule has 1 heterocycles. The first-order valence-corrected chi connectivity index (χ1v) is 5.99. The molecule has 0 spiro atoms. The SMILES string of the molecule is CC.CN.C\C=C/C=C1/C(=O)OC(C)/C1=C/C. The normalized spacial score (nSPS) is 23.0. The van der Waals surface area contributed by atoms with Crippen molar-refractivity contribution in [1.82, 2.24) is 0 Å². The van der Waals surface area contributed by atoms with Gasteiger partial charge >= 0.3 is 5.97 Å². The van der Waals surface area contributed by atoms with E-state index < -0.39 is 0 Å². The summed E-state index contributed by atoms with van der Waals surface area (Å²) in [6.45, 7) is 9.71. The van der Waals surface area contributed by atoms with E-state index in [1.54, 1.807) is 6.08 Å². The average molecular weight is 239 g/mol. The van der Waals surface area contributed by atoms with Gasteiger partial charge in [-0.1, -0.05) is 32.1 Å². The topological polar surface area (TPSA) is 52.3 Å². The maximum atomic E-state index is 11.3. The van der Waals surface area contributed by atoms with Gasteiger partial charge in [0.2, 0.25) is 0 Å². The van der Waals surface area contributed by atoms with Crippen LogP contribution in [0.25, 0.3) is 0 Å². The van der Waals surface area contributed by atoms with Gasteiger partial charge in [0.05, 0.1) is 5.57 Å². The van der Waals surface area contributed by atoms with E-state index in [1.807, 2.05) is 52.8 Å². The summed E-state index contributed by atoms with van der Waals surface area (Å²) >= 11 is 0. The highest BCUT2D eigenvalue weighted by molar-refractivity contribution is 5.97. The number of rotatable bonds is 1. The van der Waals surface area contributed by atoms with E-state index in [0.717, 1.165) is 5.57 Å². The number of allylic oxidation sites excluding steroid dienone is 4. The van der Waals surface area contributed by atoms with Gasteiger partial charge in [0.25, 0.3) is 0 Å². The quantitative estimate of drug-likeness (QED) is 0.565. The van der Waals surface area contributed by atoms with Gasteiger partial charge in [-0.05, 0) is 33.9 Å². The summed E-state index contributed by atoms with van der Waals surface area (Å²) in [6.07, 6.45) is 7.34. The second-order valence-electron chi connectivity index (χ2n) is 2.90. The molecule has 3 heteroatoms. The van der Waals surface area contributed by atoms with Crippen LogP contribution in [0.4, 0.5) is 0 Å². The van der Waals surface area contributed by atoms with Crippen molar-refractivity contribution in [2.45, 2.75) is 40.7 Å². The summed E-state index contributed by atoms with van der Waals surface area (Å²) in [5, 5.41) is 0. The first kappa shape index (κ1) is 18.0. The van der Waals surface area contributed by atoms with E-state index >= 15 is 0 Å². The van der Waals surface area contributed by atoms with Gasteiger partial charge < -0.3 is 10.5 Å². The van der Waals surface area contributed by atoms with Crippen LogP contribution in [0.5, 0.6) is 0 Å². The van der Waals surface area contributed by atoms with Crippen molar-refractivity contribution < 1.29 is 9.53 Å². The molecule has 3 nitrogen and oxygen atoms in total. The minimum absolute atomic E-state index is 0.103. The Morgan fingerprint density at radius 3 is 2.18 bits per heavy atom. The third kappa shape index (κ3) is 5.50. The van der Waals surface area contributed by atoms with Crippen LogP contribution in [0.1, 0.15) is 34.6 Å². The highest BCUT2D eigenvalue weighted by Gasteiger charge is 2.29. The molecule has 0 aliphatic carbocycles. The molecule has 0 saturated carbocycles. The van der Waals surface area contributed by atoms with Crippen molar-refractivity contribution in [2.24, 2.45) is 5.73 Å². The predicted molar refractivity (Wildman–Crippen MR) is 73.7 cm³/mol. The maximum Gasteiger partial charge on any atom is 0.339 e. The van der Waals surface area contributed by atoms with Gasteiger partial charge in [0.15, 0.2) is 0 Å². The van der Waals surface area contributed by atoms with Gasteiger partial charge in [0.1, 0.15) is 6.10 Å². The lowest BCUT2D eigenvalue weighted by Crippen LogP contribution is -2.00. The molecular formula is C14H25NO2. The fourth-order valence-corrected chi connectivity index (χ4v) is 1.37. The largest absolute Gasteiger partial charge is 0.454 e. The summed E-state index contributed by atoms with van der Waals surface area (Å²) in [7, 11) is 1.50. The smallest absolute Gasteiger partial charge is 0.339 e. The van der Waals surface area contributed by atoms with E-state index in [-0.39, 0.29) is 12.1 Å². The lowest BCUT2D eigenvalue weighted by Gasteiger charge is -2.00. The van der Waals surface area contributed by atoms with Crippen molar-refractivity contribution >= 4 is 5.97 Å². The molecular weight excluding hydrogens is 214 g/mol. The summed E-state index contributed by atoms with van der Waals surface area (Å²) in [4.78, 5) is 11.3. The minimum atomic E-state index is -0.223. The Hall–Kier alpha value is -1.35. The van der Waals surface area contributed by atoms with Crippen LogP contribution in [0, 0.1) is 0 Å². The van der Waals surface area contributed by atoms with Crippen LogP contribution in [-0.2, 0) is 9.53 Å². The molecule has 1 aliphatic heterocycles. The molecule has 0 radical (unpaired) electrons. The van der Waals surface area contributed by atoms with E-state index in [2.05, 4.69) is 5.73 Å². The molecule has 0 bridgehead atoms. The summed E-state index contributed by atoms with van der Waals surface area (Å²) in [5.41, 5.74) is 6.15. The monoisotopic (exact) mass is 239 g/mol. The van der Waals surface area contributed by atoms with Crippen LogP contribution in [0.2, 0.25) is 0 Å². The molecule has 0 amide bonds. The van der Waals surface area contributed by atoms with Crippen LogP contribution in [-0.4, -0.2) is 19.1 Å². The first-order valence-electron chi connectivity index (χ1n) is 5.99. The Morgan fingerprint density at radius 2 is 1.76 bits per heavy atom. The molecule has 0 aromatic rings. The van der Waals surface area contributed by atoms with Gasteiger partial charge in [-0.2, -0.15) is 0 Å². The van der Waals surface area contributed by atoms with Crippen molar-refractivity contribution in [3.8, 4) is 0 Å². The molecule has 0 aromatic heterocycles. The highest BCUT2D eigenvalue weighted by atomic mass is 16.5. The van der Waals surface area contributed by atoms with Crippen molar-refractivity contribution in [3.05, 3.63) is 35.5 Å². The van der Waals surface area contributed by atoms with E-state index in [4.69, 9.17) is 4.74 Å². The van der Waals surface area contributed by atoms with E-state index in [1.165, 1.54) is 7.05 Å². The second-order valence-corrected chi connectivity index (χ2v) is 2.90. The molecule has 0 aromatic carbocycles. The standard InChI is InChI=1S/C11H14O2.C2H6.CH5N/c1-4-6-7-10-9(5-2)8(3)13-11(10)12;2*1-2/h4-8H,1-3H3;1-2H3;2H2,1H3/b6-4-,9-5-,10-7+;;. The lowest BCUT2D eigenvalue weighted by molar-refractivity contribution is -0.137. The fraction of sp³-hybridized carbons (Fsp3) is 0.500. The summed E-state index contributed by atoms with van der Waals surface area (Å²) in [6, 6.07) is 0. The zero-order chi connectivity index (χ0) is 13.8. The number of carbonyl (C=O) groups is 1. The Bertz CT molecular complexity index is 301. The van der Waals surface area contributed by atoms with Gasteiger partial charge in [-0.15, -0.1) is 0 Å². The third-order valence-electron chi connectivity index (χ3n) is 2.02. The minimum Gasteiger partial charge on any atom is -0.454 e. The van der Waals surface area contributed by atoms with Crippen molar-refractivity contribution in [3.63, 3.8) is 0 Å².